The molecule has 3 rings (SSSR count). The number of halogens is 2. The van der Waals surface area contributed by atoms with Gasteiger partial charge in [-0.2, -0.15) is 0 Å². The lowest BCUT2D eigenvalue weighted by molar-refractivity contribution is -0.116. The monoisotopic (exact) mass is 371 g/mol. The number of anilines is 1. The van der Waals surface area contributed by atoms with Crippen LogP contribution in [0.25, 0.3) is 0 Å². The Kier molecular flexibility index (Phi) is 5.91. The van der Waals surface area contributed by atoms with E-state index in [9.17, 15) is 13.6 Å². The lowest BCUT2D eigenvalue weighted by atomic mass is 10.1. The Morgan fingerprint density at radius 3 is 2.58 bits per heavy atom. The summed E-state index contributed by atoms with van der Waals surface area (Å²) in [6.45, 7) is 0. The number of benzene rings is 1. The Bertz CT molecular complexity index is 906. The van der Waals surface area contributed by atoms with Gasteiger partial charge < -0.3 is 5.32 Å². The molecule has 1 aromatic carbocycles. The third-order valence-electron chi connectivity index (χ3n) is 3.49. The van der Waals surface area contributed by atoms with Gasteiger partial charge in [0.2, 0.25) is 5.91 Å². The highest BCUT2D eigenvalue weighted by Gasteiger charge is 2.07. The molecule has 0 unspecified atom stereocenters. The van der Waals surface area contributed by atoms with Gasteiger partial charge in [-0.25, -0.2) is 18.7 Å². The lowest BCUT2D eigenvalue weighted by Gasteiger charge is -2.07. The van der Waals surface area contributed by atoms with Crippen LogP contribution >= 0.6 is 11.8 Å². The van der Waals surface area contributed by atoms with Crippen molar-refractivity contribution in [2.45, 2.75) is 22.9 Å². The molecule has 0 saturated heterocycles. The second-order valence-electron chi connectivity index (χ2n) is 5.45. The van der Waals surface area contributed by atoms with Crippen molar-refractivity contribution in [3.8, 4) is 0 Å². The van der Waals surface area contributed by atoms with Gasteiger partial charge in [-0.15, -0.1) is 0 Å². The summed E-state index contributed by atoms with van der Waals surface area (Å²) in [5.74, 6) is -2.02. The van der Waals surface area contributed by atoms with E-state index in [-0.39, 0.29) is 12.3 Å². The number of nitrogens with zero attached hydrogens (tertiary/aromatic N) is 2. The van der Waals surface area contributed by atoms with E-state index in [0.717, 1.165) is 17.2 Å². The molecule has 0 fully saturated rings. The van der Waals surface area contributed by atoms with Gasteiger partial charge in [-0.3, -0.25) is 4.79 Å². The van der Waals surface area contributed by atoms with E-state index in [2.05, 4.69) is 15.3 Å². The van der Waals surface area contributed by atoms with Gasteiger partial charge in [0.15, 0.2) is 11.6 Å². The van der Waals surface area contributed by atoms with Crippen LogP contribution in [-0.4, -0.2) is 15.9 Å². The van der Waals surface area contributed by atoms with Crippen molar-refractivity contribution in [3.05, 3.63) is 78.1 Å². The summed E-state index contributed by atoms with van der Waals surface area (Å²) in [6.07, 6.45) is 3.79. The molecule has 0 atom stereocenters. The molecule has 26 heavy (non-hydrogen) atoms. The second-order valence-corrected chi connectivity index (χ2v) is 6.49. The highest BCUT2D eigenvalue weighted by Crippen LogP contribution is 2.25. The molecular weight excluding hydrogens is 356 g/mol. The number of carbonyl (C=O) groups is 1. The summed E-state index contributed by atoms with van der Waals surface area (Å²) in [7, 11) is 0. The number of aryl methyl sites for hydroxylation is 1. The molecule has 2 aromatic heterocycles. The average molecular weight is 371 g/mol. The fourth-order valence-electron chi connectivity index (χ4n) is 2.23. The minimum atomic E-state index is -0.909. The largest absolute Gasteiger partial charge is 0.326 e. The Balaban J connectivity index is 1.57. The van der Waals surface area contributed by atoms with Crippen LogP contribution in [0.4, 0.5) is 14.5 Å². The molecule has 0 bridgehead atoms. The lowest BCUT2D eigenvalue weighted by Crippen LogP contribution is -2.12. The molecular formula is C19H15F2N3OS. The molecule has 0 aliphatic rings. The smallest absolute Gasteiger partial charge is 0.224 e. The van der Waals surface area contributed by atoms with Crippen LogP contribution in [0.5, 0.6) is 0 Å². The first kappa shape index (κ1) is 18.0. The highest BCUT2D eigenvalue weighted by atomic mass is 32.2. The van der Waals surface area contributed by atoms with Crippen LogP contribution in [0.3, 0.4) is 0 Å². The molecule has 4 nitrogen and oxygen atoms in total. The zero-order valence-corrected chi connectivity index (χ0v) is 14.5. The summed E-state index contributed by atoms with van der Waals surface area (Å²) < 4.78 is 26.1. The summed E-state index contributed by atoms with van der Waals surface area (Å²) in [4.78, 5) is 20.6. The molecule has 2 heterocycles. The molecule has 0 spiro atoms. The van der Waals surface area contributed by atoms with Gasteiger partial charge in [-0.1, -0.05) is 23.9 Å². The van der Waals surface area contributed by atoms with E-state index >= 15 is 0 Å². The van der Waals surface area contributed by atoms with Gasteiger partial charge in [0.1, 0.15) is 10.1 Å². The topological polar surface area (TPSA) is 54.9 Å². The van der Waals surface area contributed by atoms with Crippen molar-refractivity contribution in [2.75, 3.05) is 5.32 Å². The van der Waals surface area contributed by atoms with Gasteiger partial charge in [0.25, 0.3) is 0 Å². The summed E-state index contributed by atoms with van der Waals surface area (Å²) in [5.41, 5.74) is 1.19. The minimum Gasteiger partial charge on any atom is -0.326 e. The van der Waals surface area contributed by atoms with E-state index in [0.29, 0.717) is 22.7 Å². The minimum absolute atomic E-state index is 0.163. The van der Waals surface area contributed by atoms with Crippen molar-refractivity contribution in [1.82, 2.24) is 9.97 Å². The molecule has 7 heteroatoms. The number of hydrogen-bond donors (Lipinski definition) is 1. The number of amides is 1. The maximum Gasteiger partial charge on any atom is 0.224 e. The number of pyridine rings is 2. The van der Waals surface area contributed by atoms with Crippen LogP contribution < -0.4 is 5.32 Å². The predicted molar refractivity (Wildman–Crippen MR) is 95.9 cm³/mol. The van der Waals surface area contributed by atoms with E-state index in [1.54, 1.807) is 24.5 Å². The highest BCUT2D eigenvalue weighted by molar-refractivity contribution is 7.99. The second kappa shape index (κ2) is 8.53. The van der Waals surface area contributed by atoms with Crippen molar-refractivity contribution < 1.29 is 13.6 Å². The fraction of sp³-hybridized carbons (Fsp3) is 0.105. The zero-order chi connectivity index (χ0) is 18.4. The standard InChI is InChI=1S/C19H15F2N3OS/c20-15-6-4-13(11-16(15)21)5-7-17(25)24-14-8-10-23-19(12-14)26-18-3-1-2-9-22-18/h1-4,6,8-12H,5,7H2,(H,23,24,25). The normalized spacial score (nSPS) is 10.5. The first-order valence-electron chi connectivity index (χ1n) is 7.89. The van der Waals surface area contributed by atoms with Gasteiger partial charge in [-0.05, 0) is 48.4 Å². The molecule has 0 aliphatic carbocycles. The number of aromatic nitrogens is 2. The third-order valence-corrected chi connectivity index (χ3v) is 4.37. The molecule has 0 radical (unpaired) electrons. The summed E-state index contributed by atoms with van der Waals surface area (Å²) in [5, 5.41) is 4.30. The molecule has 132 valence electrons. The maximum atomic E-state index is 13.2. The van der Waals surface area contributed by atoms with Gasteiger partial charge >= 0.3 is 0 Å². The first-order valence-corrected chi connectivity index (χ1v) is 8.70. The maximum absolute atomic E-state index is 13.2. The van der Waals surface area contributed by atoms with Crippen molar-refractivity contribution >= 4 is 23.4 Å². The number of carbonyl (C=O) groups excluding carboxylic acids is 1. The van der Waals surface area contributed by atoms with Crippen molar-refractivity contribution in [3.63, 3.8) is 0 Å². The molecule has 0 aliphatic heterocycles. The molecule has 1 N–H and O–H groups in total. The number of rotatable bonds is 6. The zero-order valence-electron chi connectivity index (χ0n) is 13.7. The SMILES string of the molecule is O=C(CCc1ccc(F)c(F)c1)Nc1ccnc(Sc2ccccn2)c1. The Labute approximate surface area is 153 Å². The van der Waals surface area contributed by atoms with E-state index in [1.807, 2.05) is 18.2 Å². The number of hydrogen-bond acceptors (Lipinski definition) is 4. The van der Waals surface area contributed by atoms with Crippen LogP contribution in [0, 0.1) is 11.6 Å². The number of nitrogens with one attached hydrogen (secondary N) is 1. The Morgan fingerprint density at radius 2 is 1.81 bits per heavy atom. The quantitative estimate of drug-likeness (QED) is 0.694. The van der Waals surface area contributed by atoms with Crippen LogP contribution in [0.1, 0.15) is 12.0 Å². The molecule has 3 aromatic rings. The Morgan fingerprint density at radius 1 is 0.962 bits per heavy atom. The van der Waals surface area contributed by atoms with E-state index in [4.69, 9.17) is 0 Å². The molecule has 0 saturated carbocycles. The first-order chi connectivity index (χ1) is 12.6. The predicted octanol–water partition coefficient (Wildman–Crippen LogP) is 4.48. The van der Waals surface area contributed by atoms with Crippen LogP contribution in [-0.2, 0) is 11.2 Å². The van der Waals surface area contributed by atoms with Gasteiger partial charge in [0, 0.05) is 24.5 Å². The van der Waals surface area contributed by atoms with Crippen LogP contribution in [0.2, 0.25) is 0 Å². The Hall–Kier alpha value is -2.80. The third kappa shape index (κ3) is 5.10. The van der Waals surface area contributed by atoms with E-state index in [1.165, 1.54) is 17.8 Å². The van der Waals surface area contributed by atoms with Crippen LogP contribution in [0.15, 0.2) is 71.0 Å². The fourth-order valence-corrected chi connectivity index (χ4v) is 3.01. The van der Waals surface area contributed by atoms with E-state index < -0.39 is 11.6 Å². The molecule has 1 amide bonds. The van der Waals surface area contributed by atoms with Crippen molar-refractivity contribution in [2.24, 2.45) is 0 Å². The summed E-state index contributed by atoms with van der Waals surface area (Å²) >= 11 is 1.39. The average Bonchev–Trinajstić information content (AvgIpc) is 2.64. The van der Waals surface area contributed by atoms with Crippen molar-refractivity contribution in [1.29, 1.82) is 0 Å². The summed E-state index contributed by atoms with van der Waals surface area (Å²) in [6, 6.07) is 12.7. The van der Waals surface area contributed by atoms with Gasteiger partial charge in [0.05, 0.1) is 0 Å².